The molecule has 7 nitrogen and oxygen atoms in total. The molecule has 0 amide bonds. The fourth-order valence-corrected chi connectivity index (χ4v) is 4.26. The standard InChI is InChI=1S/C20H31N5O2/c1-22(2)15-4-9-24(13-15)16-10-19-18(12-21-14-25(19)26)20(11-16)27-17-5-7-23(3)8-6-17/h10-11,14-15,17,21H,4-9,12-13H2,1-3H3/t15-/m1/s1. The second kappa shape index (κ2) is 7.56. The Balaban J connectivity index is 1.61. The Bertz CT molecular complexity index is 713. The second-order valence-corrected chi connectivity index (χ2v) is 8.25. The Hall–Kier alpha value is -1.99. The van der Waals surface area contributed by atoms with E-state index in [0.29, 0.717) is 18.3 Å². The number of ether oxygens (including phenoxy) is 1. The van der Waals surface area contributed by atoms with E-state index < -0.39 is 0 Å². The molecule has 3 aliphatic rings. The number of hydrogen-bond donors (Lipinski definition) is 1. The number of fused-ring (bicyclic) bond motifs is 1. The summed E-state index contributed by atoms with van der Waals surface area (Å²) in [6, 6.07) is 4.73. The van der Waals surface area contributed by atoms with Crippen LogP contribution in [0.4, 0.5) is 11.4 Å². The third-order valence-electron chi connectivity index (χ3n) is 6.11. The smallest absolute Gasteiger partial charge is 0.240 e. The van der Waals surface area contributed by atoms with Gasteiger partial charge in [0.1, 0.15) is 24.1 Å². The molecule has 148 valence electrons. The molecule has 0 bridgehead atoms. The van der Waals surface area contributed by atoms with Crippen molar-refractivity contribution in [3.8, 4) is 5.75 Å². The summed E-state index contributed by atoms with van der Waals surface area (Å²) in [5, 5.41) is 15.5. The topological polar surface area (TPSA) is 57.0 Å². The maximum atomic E-state index is 12.4. The van der Waals surface area contributed by atoms with E-state index in [-0.39, 0.29) is 6.10 Å². The van der Waals surface area contributed by atoms with Crippen LogP contribution in [-0.2, 0) is 6.54 Å². The molecule has 1 aromatic carbocycles. The van der Waals surface area contributed by atoms with Gasteiger partial charge in [0.15, 0.2) is 0 Å². The molecule has 1 N–H and O–H groups in total. The van der Waals surface area contributed by atoms with Crippen LogP contribution >= 0.6 is 0 Å². The molecule has 0 spiro atoms. The first-order valence-corrected chi connectivity index (χ1v) is 9.98. The van der Waals surface area contributed by atoms with Crippen LogP contribution in [-0.4, -0.2) is 80.3 Å². The molecule has 0 aliphatic carbocycles. The molecule has 0 radical (unpaired) electrons. The van der Waals surface area contributed by atoms with Crippen molar-refractivity contribution in [2.45, 2.75) is 38.0 Å². The van der Waals surface area contributed by atoms with E-state index in [1.165, 1.54) is 6.34 Å². The van der Waals surface area contributed by atoms with Crippen molar-refractivity contribution in [2.75, 3.05) is 52.2 Å². The van der Waals surface area contributed by atoms with Crippen molar-refractivity contribution in [3.05, 3.63) is 22.9 Å². The Labute approximate surface area is 161 Å². The maximum Gasteiger partial charge on any atom is 0.240 e. The first kappa shape index (κ1) is 18.4. The monoisotopic (exact) mass is 373 g/mol. The zero-order valence-electron chi connectivity index (χ0n) is 16.6. The van der Waals surface area contributed by atoms with Crippen LogP contribution in [0.1, 0.15) is 24.8 Å². The molecular weight excluding hydrogens is 342 g/mol. The summed E-state index contributed by atoms with van der Waals surface area (Å²) >= 11 is 0. The van der Waals surface area contributed by atoms with Gasteiger partial charge in [-0.3, -0.25) is 5.32 Å². The van der Waals surface area contributed by atoms with Crippen molar-refractivity contribution < 1.29 is 9.48 Å². The van der Waals surface area contributed by atoms with Crippen molar-refractivity contribution in [1.82, 2.24) is 15.1 Å². The number of likely N-dealkylation sites (N-methyl/N-ethyl adjacent to an activating group) is 1. The highest BCUT2D eigenvalue weighted by molar-refractivity contribution is 5.67. The van der Waals surface area contributed by atoms with Gasteiger partial charge in [0, 0.05) is 50.0 Å². The molecule has 7 heteroatoms. The molecule has 2 fully saturated rings. The summed E-state index contributed by atoms with van der Waals surface area (Å²) < 4.78 is 7.38. The number of piperidine rings is 1. The quantitative estimate of drug-likeness (QED) is 0.639. The Kier molecular flexibility index (Phi) is 5.14. The molecule has 3 heterocycles. The molecule has 0 saturated carbocycles. The number of hydrogen-bond acceptors (Lipinski definition) is 6. The van der Waals surface area contributed by atoms with Gasteiger partial charge in [-0.1, -0.05) is 0 Å². The minimum Gasteiger partial charge on any atom is -0.711 e. The van der Waals surface area contributed by atoms with Gasteiger partial charge in [0.05, 0.1) is 5.56 Å². The average Bonchev–Trinajstić information content (AvgIpc) is 3.15. The molecule has 1 atom stereocenters. The molecule has 0 unspecified atom stereocenters. The Morgan fingerprint density at radius 3 is 2.67 bits per heavy atom. The van der Waals surface area contributed by atoms with E-state index in [9.17, 15) is 5.21 Å². The molecule has 4 rings (SSSR count). The van der Waals surface area contributed by atoms with Crippen molar-refractivity contribution in [2.24, 2.45) is 0 Å². The highest BCUT2D eigenvalue weighted by atomic mass is 16.5. The summed E-state index contributed by atoms with van der Waals surface area (Å²) in [6.45, 7) is 4.75. The van der Waals surface area contributed by atoms with Crippen molar-refractivity contribution >= 4 is 17.7 Å². The summed E-state index contributed by atoms with van der Waals surface area (Å²) in [6.07, 6.45) is 4.92. The van der Waals surface area contributed by atoms with E-state index in [1.807, 2.05) is 6.07 Å². The van der Waals surface area contributed by atoms with Crippen LogP contribution < -0.4 is 15.0 Å². The molecule has 2 saturated heterocycles. The zero-order valence-corrected chi connectivity index (χ0v) is 16.6. The van der Waals surface area contributed by atoms with Gasteiger partial charge in [0.2, 0.25) is 6.34 Å². The normalized spacial score (nSPS) is 23.9. The third-order valence-corrected chi connectivity index (χ3v) is 6.11. The Morgan fingerprint density at radius 2 is 1.96 bits per heavy atom. The largest absolute Gasteiger partial charge is 0.711 e. The predicted molar refractivity (Wildman–Crippen MR) is 108 cm³/mol. The highest BCUT2D eigenvalue weighted by Crippen LogP contribution is 2.38. The van der Waals surface area contributed by atoms with Crippen LogP contribution in [0.2, 0.25) is 0 Å². The number of likely N-dealkylation sites (tertiary alicyclic amines) is 1. The first-order chi connectivity index (χ1) is 13.0. The van der Waals surface area contributed by atoms with E-state index in [0.717, 1.165) is 67.2 Å². The van der Waals surface area contributed by atoms with Crippen LogP contribution in [0, 0.1) is 5.21 Å². The lowest BCUT2D eigenvalue weighted by molar-refractivity contribution is -0.360. The van der Waals surface area contributed by atoms with Gasteiger partial charge in [0.25, 0.3) is 0 Å². The molecule has 1 aromatic rings. The summed E-state index contributed by atoms with van der Waals surface area (Å²) in [5.41, 5.74) is 2.78. The second-order valence-electron chi connectivity index (χ2n) is 8.25. The third kappa shape index (κ3) is 3.84. The number of rotatable bonds is 4. The minimum absolute atomic E-state index is 0.222. The molecule has 27 heavy (non-hydrogen) atoms. The van der Waals surface area contributed by atoms with Gasteiger partial charge in [-0.2, -0.15) is 0 Å². The summed E-state index contributed by atoms with van der Waals surface area (Å²) in [5.74, 6) is 0.867. The summed E-state index contributed by atoms with van der Waals surface area (Å²) in [7, 11) is 6.42. The van der Waals surface area contributed by atoms with Crippen molar-refractivity contribution in [3.63, 3.8) is 0 Å². The maximum absolute atomic E-state index is 12.4. The molecular formula is C20H31N5O2. The predicted octanol–water partition coefficient (Wildman–Crippen LogP) is 1.57. The average molecular weight is 374 g/mol. The van der Waals surface area contributed by atoms with E-state index in [2.05, 4.69) is 47.2 Å². The van der Waals surface area contributed by atoms with E-state index in [1.54, 1.807) is 0 Å². The van der Waals surface area contributed by atoms with Crippen LogP contribution in [0.15, 0.2) is 12.1 Å². The fraction of sp³-hybridized carbons (Fsp3) is 0.650. The number of nitrogens with zero attached hydrogens (tertiary/aromatic N) is 4. The van der Waals surface area contributed by atoms with E-state index >= 15 is 0 Å². The van der Waals surface area contributed by atoms with Crippen LogP contribution in [0.3, 0.4) is 0 Å². The number of nitrogens with one attached hydrogen (secondary N) is 1. The lowest BCUT2D eigenvalue weighted by Gasteiger charge is -2.31. The van der Waals surface area contributed by atoms with Crippen molar-refractivity contribution in [1.29, 1.82) is 0 Å². The highest BCUT2D eigenvalue weighted by Gasteiger charge is 2.28. The number of anilines is 1. The van der Waals surface area contributed by atoms with Gasteiger partial charge < -0.3 is 24.6 Å². The fourth-order valence-electron chi connectivity index (χ4n) is 4.26. The molecule has 0 aromatic heterocycles. The summed E-state index contributed by atoms with van der Waals surface area (Å²) in [4.78, 5) is 7.00. The van der Waals surface area contributed by atoms with Crippen LogP contribution in [0.5, 0.6) is 5.75 Å². The van der Waals surface area contributed by atoms with Gasteiger partial charge in [-0.15, -0.1) is 0 Å². The lowest BCUT2D eigenvalue weighted by Crippen LogP contribution is -2.36. The minimum atomic E-state index is 0.222. The van der Waals surface area contributed by atoms with Gasteiger partial charge >= 0.3 is 0 Å². The Morgan fingerprint density at radius 1 is 1.19 bits per heavy atom. The first-order valence-electron chi connectivity index (χ1n) is 9.98. The lowest BCUT2D eigenvalue weighted by atomic mass is 10.1. The SMILES string of the molecule is CN1CCC(Oc2cc(N3CC[C@@H](N(C)C)C3)cc3c2CNC=[N+]3[O-])CC1. The van der Waals surface area contributed by atoms with E-state index in [4.69, 9.17) is 4.74 Å². The number of benzene rings is 1. The van der Waals surface area contributed by atoms with Gasteiger partial charge in [-0.25, -0.2) is 4.74 Å². The van der Waals surface area contributed by atoms with Crippen LogP contribution in [0.25, 0.3) is 0 Å². The van der Waals surface area contributed by atoms with Gasteiger partial charge in [-0.05, 0) is 40.4 Å². The molecule has 3 aliphatic heterocycles. The zero-order chi connectivity index (χ0) is 19.0.